The van der Waals surface area contributed by atoms with E-state index in [1.54, 1.807) is 29.4 Å². The summed E-state index contributed by atoms with van der Waals surface area (Å²) in [6.45, 7) is 1.43. The molecule has 3 aromatic rings. The van der Waals surface area contributed by atoms with E-state index in [9.17, 15) is 0 Å². The molecule has 0 aliphatic heterocycles. The molecule has 24 heavy (non-hydrogen) atoms. The van der Waals surface area contributed by atoms with E-state index in [1.807, 2.05) is 13.1 Å². The number of rotatable bonds is 6. The second-order valence-electron chi connectivity index (χ2n) is 5.33. The van der Waals surface area contributed by atoms with Crippen molar-refractivity contribution in [3.63, 3.8) is 0 Å². The molecule has 0 aliphatic rings. The number of nitrogens with one attached hydrogen (secondary N) is 2. The Morgan fingerprint density at radius 2 is 2.17 bits per heavy atom. The molecule has 0 amide bonds. The van der Waals surface area contributed by atoms with Crippen molar-refractivity contribution < 1.29 is 0 Å². The second-order valence-corrected chi connectivity index (χ2v) is 6.45. The van der Waals surface area contributed by atoms with E-state index in [1.165, 1.54) is 9.71 Å². The zero-order valence-corrected chi connectivity index (χ0v) is 14.7. The standard InChI is InChI=1S/C16H21N7S/c1-17-16(19-10-14-20-11-21-23(14)2)18-9-5-8-15-22-12-6-3-4-7-13(12)24-15/h3-4,6-7,11H,5,8-10H2,1-2H3,(H2,17,18,19). The van der Waals surface area contributed by atoms with Gasteiger partial charge in [0, 0.05) is 27.1 Å². The highest BCUT2D eigenvalue weighted by Gasteiger charge is 2.04. The van der Waals surface area contributed by atoms with Crippen LogP contribution >= 0.6 is 11.3 Å². The molecule has 1 aromatic carbocycles. The topological polar surface area (TPSA) is 80.0 Å². The summed E-state index contributed by atoms with van der Waals surface area (Å²) in [7, 11) is 3.64. The van der Waals surface area contributed by atoms with Gasteiger partial charge in [0.1, 0.15) is 12.2 Å². The van der Waals surface area contributed by atoms with Crippen molar-refractivity contribution in [3.8, 4) is 0 Å². The molecule has 0 spiro atoms. The first kappa shape index (κ1) is 16.4. The fourth-order valence-electron chi connectivity index (χ4n) is 2.34. The quantitative estimate of drug-likeness (QED) is 0.405. The lowest BCUT2D eigenvalue weighted by Crippen LogP contribution is -2.38. The third-order valence-corrected chi connectivity index (χ3v) is 4.74. The summed E-state index contributed by atoms with van der Waals surface area (Å²) in [5, 5.41) is 11.8. The molecule has 2 aromatic heterocycles. The van der Waals surface area contributed by atoms with Crippen LogP contribution in [0, 0.1) is 0 Å². The van der Waals surface area contributed by atoms with Gasteiger partial charge >= 0.3 is 0 Å². The Balaban J connectivity index is 1.42. The average molecular weight is 343 g/mol. The minimum Gasteiger partial charge on any atom is -0.356 e. The highest BCUT2D eigenvalue weighted by atomic mass is 32.1. The first-order valence-corrected chi connectivity index (χ1v) is 8.70. The van der Waals surface area contributed by atoms with Crippen LogP contribution in [0.4, 0.5) is 0 Å². The average Bonchev–Trinajstić information content (AvgIpc) is 3.19. The molecule has 2 N–H and O–H groups in total. The minimum atomic E-state index is 0.591. The van der Waals surface area contributed by atoms with Crippen molar-refractivity contribution in [3.05, 3.63) is 41.4 Å². The van der Waals surface area contributed by atoms with Crippen LogP contribution in [0.15, 0.2) is 35.6 Å². The molecule has 0 fully saturated rings. The summed E-state index contributed by atoms with van der Waals surface area (Å²) in [6, 6.07) is 8.26. The van der Waals surface area contributed by atoms with Crippen LogP contribution in [0.5, 0.6) is 0 Å². The minimum absolute atomic E-state index is 0.591. The maximum Gasteiger partial charge on any atom is 0.191 e. The van der Waals surface area contributed by atoms with E-state index in [0.717, 1.165) is 36.7 Å². The zero-order valence-electron chi connectivity index (χ0n) is 13.9. The van der Waals surface area contributed by atoms with Crippen molar-refractivity contribution in [2.24, 2.45) is 12.0 Å². The van der Waals surface area contributed by atoms with E-state index < -0.39 is 0 Å². The van der Waals surface area contributed by atoms with E-state index >= 15 is 0 Å². The molecular weight excluding hydrogens is 322 g/mol. The number of aromatic nitrogens is 4. The van der Waals surface area contributed by atoms with E-state index in [-0.39, 0.29) is 0 Å². The predicted molar refractivity (Wildman–Crippen MR) is 97.1 cm³/mol. The van der Waals surface area contributed by atoms with Crippen molar-refractivity contribution in [1.82, 2.24) is 30.4 Å². The first-order chi connectivity index (χ1) is 11.8. The van der Waals surface area contributed by atoms with Crippen LogP contribution in [0.2, 0.25) is 0 Å². The number of hydrogen-bond donors (Lipinski definition) is 2. The highest BCUT2D eigenvalue weighted by Crippen LogP contribution is 2.22. The van der Waals surface area contributed by atoms with Gasteiger partial charge in [0.2, 0.25) is 0 Å². The number of thiazole rings is 1. The Hall–Kier alpha value is -2.48. The van der Waals surface area contributed by atoms with Crippen LogP contribution in [0.3, 0.4) is 0 Å². The van der Waals surface area contributed by atoms with Crippen molar-refractivity contribution in [2.45, 2.75) is 19.4 Å². The number of hydrogen-bond acceptors (Lipinski definition) is 5. The van der Waals surface area contributed by atoms with Gasteiger partial charge in [0.05, 0.1) is 21.8 Å². The van der Waals surface area contributed by atoms with Gasteiger partial charge in [-0.2, -0.15) is 5.10 Å². The monoisotopic (exact) mass is 343 g/mol. The van der Waals surface area contributed by atoms with Crippen LogP contribution in [-0.2, 0) is 20.0 Å². The summed E-state index contributed by atoms with van der Waals surface area (Å²) in [6.07, 6.45) is 3.52. The lowest BCUT2D eigenvalue weighted by Gasteiger charge is -2.11. The number of aliphatic imine (C=N–C) groups is 1. The lowest BCUT2D eigenvalue weighted by atomic mass is 10.3. The largest absolute Gasteiger partial charge is 0.356 e. The molecule has 7 nitrogen and oxygen atoms in total. The molecular formula is C16H21N7S. The Morgan fingerprint density at radius 3 is 2.92 bits per heavy atom. The molecule has 2 heterocycles. The smallest absolute Gasteiger partial charge is 0.191 e. The van der Waals surface area contributed by atoms with E-state index in [0.29, 0.717) is 6.54 Å². The first-order valence-electron chi connectivity index (χ1n) is 7.88. The number of fused-ring (bicyclic) bond motifs is 1. The van der Waals surface area contributed by atoms with Gasteiger partial charge < -0.3 is 10.6 Å². The third kappa shape index (κ3) is 4.08. The fourth-order valence-corrected chi connectivity index (χ4v) is 3.35. The molecule has 0 bridgehead atoms. The predicted octanol–water partition coefficient (Wildman–Crippen LogP) is 1.72. The van der Waals surface area contributed by atoms with Gasteiger partial charge in [-0.3, -0.25) is 9.67 Å². The van der Waals surface area contributed by atoms with Crippen LogP contribution in [0.1, 0.15) is 17.3 Å². The highest BCUT2D eigenvalue weighted by molar-refractivity contribution is 7.18. The third-order valence-electron chi connectivity index (χ3n) is 3.64. The van der Waals surface area contributed by atoms with E-state index in [2.05, 4.69) is 48.9 Å². The van der Waals surface area contributed by atoms with Gasteiger partial charge in [0.15, 0.2) is 5.96 Å². The molecule has 3 rings (SSSR count). The molecule has 0 aliphatic carbocycles. The summed E-state index contributed by atoms with van der Waals surface area (Å²) < 4.78 is 2.99. The maximum atomic E-state index is 4.66. The number of benzene rings is 1. The number of guanidine groups is 1. The van der Waals surface area contributed by atoms with Gasteiger partial charge in [-0.25, -0.2) is 9.97 Å². The van der Waals surface area contributed by atoms with Gasteiger partial charge in [-0.15, -0.1) is 11.3 Å². The number of aryl methyl sites for hydroxylation is 2. The molecule has 0 saturated heterocycles. The Kier molecular flexibility index (Phi) is 5.37. The second kappa shape index (κ2) is 7.87. The molecule has 0 saturated carbocycles. The zero-order chi connectivity index (χ0) is 16.8. The van der Waals surface area contributed by atoms with Crippen LogP contribution in [-0.4, -0.2) is 39.3 Å². The summed E-state index contributed by atoms with van der Waals surface area (Å²) >= 11 is 1.77. The van der Waals surface area contributed by atoms with Crippen molar-refractivity contribution in [1.29, 1.82) is 0 Å². The Bertz CT molecular complexity index is 788. The van der Waals surface area contributed by atoms with Gasteiger partial charge in [0.25, 0.3) is 0 Å². The molecule has 0 radical (unpaired) electrons. The maximum absolute atomic E-state index is 4.66. The van der Waals surface area contributed by atoms with Crippen LogP contribution < -0.4 is 10.6 Å². The Labute approximate surface area is 144 Å². The molecule has 8 heteroatoms. The number of nitrogens with zero attached hydrogens (tertiary/aromatic N) is 5. The summed E-state index contributed by atoms with van der Waals surface area (Å²) in [4.78, 5) is 13.1. The lowest BCUT2D eigenvalue weighted by molar-refractivity contribution is 0.668. The number of para-hydroxylation sites is 1. The van der Waals surface area contributed by atoms with Gasteiger partial charge in [-0.05, 0) is 18.6 Å². The molecule has 0 unspecified atom stereocenters. The van der Waals surface area contributed by atoms with Crippen molar-refractivity contribution in [2.75, 3.05) is 13.6 Å². The Morgan fingerprint density at radius 1 is 1.29 bits per heavy atom. The van der Waals surface area contributed by atoms with Crippen molar-refractivity contribution >= 4 is 27.5 Å². The summed E-state index contributed by atoms with van der Waals surface area (Å²) in [5.41, 5.74) is 1.09. The normalized spacial score (nSPS) is 11.8. The summed E-state index contributed by atoms with van der Waals surface area (Å²) in [5.74, 6) is 1.63. The molecule has 126 valence electrons. The fraction of sp³-hybridized carbons (Fsp3) is 0.375. The van der Waals surface area contributed by atoms with E-state index in [4.69, 9.17) is 0 Å². The van der Waals surface area contributed by atoms with Gasteiger partial charge in [-0.1, -0.05) is 12.1 Å². The van der Waals surface area contributed by atoms with Crippen LogP contribution in [0.25, 0.3) is 10.2 Å². The molecule has 0 atom stereocenters. The SMILES string of the molecule is CN=C(NCCCc1nc2ccccc2s1)NCc1ncnn1C.